The van der Waals surface area contributed by atoms with Crippen molar-refractivity contribution in [3.8, 4) is 0 Å². The summed E-state index contributed by atoms with van der Waals surface area (Å²) in [4.78, 5) is 18.6. The lowest BCUT2D eigenvalue weighted by Crippen LogP contribution is -2.36. The largest absolute Gasteiger partial charge is 0.376 e. The van der Waals surface area contributed by atoms with E-state index in [0.29, 0.717) is 23.7 Å². The van der Waals surface area contributed by atoms with E-state index in [1.54, 1.807) is 18.0 Å². The number of hydrogen-bond donors (Lipinski definition) is 1. The van der Waals surface area contributed by atoms with Crippen molar-refractivity contribution in [3.63, 3.8) is 0 Å². The number of carbonyl (C=O) groups excluding carboxylic acids is 1. The summed E-state index contributed by atoms with van der Waals surface area (Å²) in [5.41, 5.74) is 1.42. The quantitative estimate of drug-likeness (QED) is 0.932. The highest BCUT2D eigenvalue weighted by Gasteiger charge is 2.33. The zero-order chi connectivity index (χ0) is 16.4. The molecule has 1 saturated heterocycles. The average molecular weight is 335 g/mol. The molecule has 1 aromatic carbocycles. The van der Waals surface area contributed by atoms with Gasteiger partial charge in [-0.3, -0.25) is 9.89 Å². The molecular formula is C16H19ClN4O2. The molecule has 1 fully saturated rings. The van der Waals surface area contributed by atoms with Crippen LogP contribution in [0.4, 0.5) is 0 Å². The Hall–Kier alpha value is -1.92. The van der Waals surface area contributed by atoms with Crippen LogP contribution in [-0.4, -0.2) is 52.3 Å². The van der Waals surface area contributed by atoms with E-state index in [2.05, 4.69) is 15.2 Å². The zero-order valence-corrected chi connectivity index (χ0v) is 13.9. The predicted molar refractivity (Wildman–Crippen MR) is 86.6 cm³/mol. The first kappa shape index (κ1) is 16.0. The van der Waals surface area contributed by atoms with Gasteiger partial charge >= 0.3 is 0 Å². The first-order valence-electron chi connectivity index (χ1n) is 7.55. The van der Waals surface area contributed by atoms with Gasteiger partial charge in [-0.25, -0.2) is 4.98 Å². The number of aromatic nitrogens is 3. The molecule has 0 aliphatic carbocycles. The number of ether oxygens (including phenoxy) is 1. The smallest absolute Gasteiger partial charge is 0.255 e. The molecule has 7 heteroatoms. The number of amides is 1. The van der Waals surface area contributed by atoms with Crippen LogP contribution in [0.15, 0.2) is 24.5 Å². The van der Waals surface area contributed by atoms with Gasteiger partial charge < -0.3 is 9.64 Å². The SMILES string of the molecule is Cc1cccc(Cl)c1C(=O)N(C)C[C@H]1OCC[C@H]1c1ncn[nH]1. The minimum Gasteiger partial charge on any atom is -0.376 e. The first-order valence-corrected chi connectivity index (χ1v) is 7.93. The molecule has 2 aromatic rings. The molecule has 2 heterocycles. The number of rotatable bonds is 4. The molecule has 0 unspecified atom stereocenters. The van der Waals surface area contributed by atoms with Gasteiger partial charge in [0.15, 0.2) is 0 Å². The molecule has 1 aliphatic rings. The van der Waals surface area contributed by atoms with Crippen LogP contribution in [-0.2, 0) is 4.74 Å². The number of benzene rings is 1. The number of nitrogens with zero attached hydrogens (tertiary/aromatic N) is 3. The maximum Gasteiger partial charge on any atom is 0.255 e. The van der Waals surface area contributed by atoms with Crippen molar-refractivity contribution in [1.29, 1.82) is 0 Å². The fourth-order valence-electron chi connectivity index (χ4n) is 2.98. The Bertz CT molecular complexity index is 669. The van der Waals surface area contributed by atoms with Gasteiger partial charge in [-0.05, 0) is 25.0 Å². The Kier molecular flexibility index (Phi) is 4.63. The molecule has 0 radical (unpaired) electrons. The van der Waals surface area contributed by atoms with Crippen LogP contribution in [0.3, 0.4) is 0 Å². The van der Waals surface area contributed by atoms with Gasteiger partial charge in [0.05, 0.1) is 16.7 Å². The average Bonchev–Trinajstić information content (AvgIpc) is 3.17. The number of carbonyl (C=O) groups is 1. The number of halogens is 1. The molecule has 2 atom stereocenters. The summed E-state index contributed by atoms with van der Waals surface area (Å²) in [6, 6.07) is 5.46. The third-order valence-electron chi connectivity index (χ3n) is 4.23. The number of hydrogen-bond acceptors (Lipinski definition) is 4. The maximum atomic E-state index is 12.7. The predicted octanol–water partition coefficient (Wildman–Crippen LogP) is 2.41. The van der Waals surface area contributed by atoms with Crippen molar-refractivity contribution >= 4 is 17.5 Å². The zero-order valence-electron chi connectivity index (χ0n) is 13.1. The van der Waals surface area contributed by atoms with Gasteiger partial charge in [0, 0.05) is 26.1 Å². The Morgan fingerprint density at radius 1 is 1.52 bits per heavy atom. The summed E-state index contributed by atoms with van der Waals surface area (Å²) >= 11 is 6.19. The summed E-state index contributed by atoms with van der Waals surface area (Å²) in [6.45, 7) is 3.02. The number of H-pyrrole nitrogens is 1. The van der Waals surface area contributed by atoms with Crippen LogP contribution in [0.25, 0.3) is 0 Å². The van der Waals surface area contributed by atoms with Crippen LogP contribution >= 0.6 is 11.6 Å². The van der Waals surface area contributed by atoms with Crippen molar-refractivity contribution in [2.45, 2.75) is 25.4 Å². The Morgan fingerprint density at radius 3 is 3.04 bits per heavy atom. The minimum absolute atomic E-state index is 0.0973. The van der Waals surface area contributed by atoms with Crippen molar-refractivity contribution in [1.82, 2.24) is 20.1 Å². The second-order valence-corrected chi connectivity index (χ2v) is 6.20. The molecule has 0 spiro atoms. The van der Waals surface area contributed by atoms with Crippen LogP contribution in [0.1, 0.15) is 34.1 Å². The first-order chi connectivity index (χ1) is 11.1. The number of aryl methyl sites for hydroxylation is 1. The van der Waals surface area contributed by atoms with E-state index in [1.165, 1.54) is 6.33 Å². The Morgan fingerprint density at radius 2 is 2.35 bits per heavy atom. The highest BCUT2D eigenvalue weighted by Crippen LogP contribution is 2.30. The fourth-order valence-corrected chi connectivity index (χ4v) is 3.28. The molecule has 0 bridgehead atoms. The molecule has 1 amide bonds. The third kappa shape index (κ3) is 3.23. The van der Waals surface area contributed by atoms with Crippen LogP contribution < -0.4 is 0 Å². The van der Waals surface area contributed by atoms with E-state index in [1.807, 2.05) is 19.1 Å². The van der Waals surface area contributed by atoms with E-state index in [-0.39, 0.29) is 17.9 Å². The highest BCUT2D eigenvalue weighted by atomic mass is 35.5. The van der Waals surface area contributed by atoms with Crippen molar-refractivity contribution < 1.29 is 9.53 Å². The minimum atomic E-state index is -0.0975. The number of nitrogens with one attached hydrogen (secondary N) is 1. The summed E-state index contributed by atoms with van der Waals surface area (Å²) in [5, 5.41) is 7.27. The van der Waals surface area contributed by atoms with Gasteiger partial charge in [0.2, 0.25) is 0 Å². The Labute approximate surface area is 139 Å². The van der Waals surface area contributed by atoms with E-state index in [9.17, 15) is 4.79 Å². The molecular weight excluding hydrogens is 316 g/mol. The standard InChI is InChI=1S/C16H19ClN4O2/c1-10-4-3-5-12(17)14(10)16(22)21(2)8-13-11(6-7-23-13)15-18-9-19-20-15/h3-5,9,11,13H,6-8H2,1-2H3,(H,18,19,20)/t11-,13-/m1/s1. The lowest BCUT2D eigenvalue weighted by Gasteiger charge is -2.25. The molecule has 1 aromatic heterocycles. The summed E-state index contributed by atoms with van der Waals surface area (Å²) < 4.78 is 5.79. The molecule has 3 rings (SSSR count). The summed E-state index contributed by atoms with van der Waals surface area (Å²) in [6.07, 6.45) is 2.26. The second kappa shape index (κ2) is 6.68. The highest BCUT2D eigenvalue weighted by molar-refractivity contribution is 6.34. The molecule has 122 valence electrons. The van der Waals surface area contributed by atoms with Crippen molar-refractivity contribution in [2.75, 3.05) is 20.2 Å². The summed E-state index contributed by atoms with van der Waals surface area (Å²) in [7, 11) is 1.77. The monoisotopic (exact) mass is 334 g/mol. The third-order valence-corrected chi connectivity index (χ3v) is 4.55. The van der Waals surface area contributed by atoms with Gasteiger partial charge in [0.1, 0.15) is 12.2 Å². The van der Waals surface area contributed by atoms with Crippen LogP contribution in [0.5, 0.6) is 0 Å². The van der Waals surface area contributed by atoms with Crippen LogP contribution in [0.2, 0.25) is 5.02 Å². The second-order valence-electron chi connectivity index (χ2n) is 5.79. The molecule has 1 aliphatic heterocycles. The lowest BCUT2D eigenvalue weighted by molar-refractivity contribution is 0.0549. The normalized spacial score (nSPS) is 20.7. The fraction of sp³-hybridized carbons (Fsp3) is 0.438. The van der Waals surface area contributed by atoms with E-state index >= 15 is 0 Å². The van der Waals surface area contributed by atoms with E-state index in [4.69, 9.17) is 16.3 Å². The molecule has 6 nitrogen and oxygen atoms in total. The Balaban J connectivity index is 1.73. The molecule has 23 heavy (non-hydrogen) atoms. The topological polar surface area (TPSA) is 71.1 Å². The summed E-state index contributed by atoms with van der Waals surface area (Å²) in [5.74, 6) is 0.835. The number of likely N-dealkylation sites (N-methyl/N-ethyl adjacent to an activating group) is 1. The molecule has 0 saturated carbocycles. The van der Waals surface area contributed by atoms with Gasteiger partial charge in [-0.2, -0.15) is 5.10 Å². The number of aromatic amines is 1. The van der Waals surface area contributed by atoms with E-state index in [0.717, 1.165) is 17.8 Å². The van der Waals surface area contributed by atoms with Gasteiger partial charge in [0.25, 0.3) is 5.91 Å². The lowest BCUT2D eigenvalue weighted by atomic mass is 10.00. The van der Waals surface area contributed by atoms with Gasteiger partial charge in [-0.15, -0.1) is 0 Å². The maximum absolute atomic E-state index is 12.7. The van der Waals surface area contributed by atoms with E-state index < -0.39 is 0 Å². The molecule has 1 N–H and O–H groups in total. The van der Waals surface area contributed by atoms with Gasteiger partial charge in [-0.1, -0.05) is 23.7 Å². The van der Waals surface area contributed by atoms with Crippen molar-refractivity contribution in [3.05, 3.63) is 46.5 Å². The van der Waals surface area contributed by atoms with Crippen LogP contribution in [0, 0.1) is 6.92 Å². The van der Waals surface area contributed by atoms with Crippen molar-refractivity contribution in [2.24, 2.45) is 0 Å².